The molecule has 2 N–H and O–H groups in total. The topological polar surface area (TPSA) is 69.4 Å². The standard InChI is InChI=1S/C9H11NO3S/c10-14(11,12)13-9-5-7-3-1-2-4-8(7)6-9/h1-4,9H,5-6H2,(H2,10,11,12). The van der Waals surface area contributed by atoms with Crippen molar-refractivity contribution in [2.45, 2.75) is 18.9 Å². The Labute approximate surface area is 82.9 Å². The average Bonchev–Trinajstić information content (AvgIpc) is 2.42. The van der Waals surface area contributed by atoms with Crippen LogP contribution in [-0.4, -0.2) is 14.5 Å². The molecule has 0 bridgehead atoms. The largest absolute Gasteiger partial charge is 0.333 e. The molecule has 0 aliphatic heterocycles. The second-order valence-electron chi connectivity index (χ2n) is 3.39. The fourth-order valence-electron chi connectivity index (χ4n) is 1.78. The molecular formula is C9H11NO3S. The molecule has 0 spiro atoms. The van der Waals surface area contributed by atoms with E-state index in [0.717, 1.165) is 11.1 Å². The van der Waals surface area contributed by atoms with Gasteiger partial charge in [-0.25, -0.2) is 5.14 Å². The van der Waals surface area contributed by atoms with Gasteiger partial charge in [0.15, 0.2) is 0 Å². The Balaban J connectivity index is 2.13. The molecular weight excluding hydrogens is 202 g/mol. The number of nitrogens with two attached hydrogens (primary N) is 1. The zero-order chi connectivity index (χ0) is 10.2. The summed E-state index contributed by atoms with van der Waals surface area (Å²) in [6.45, 7) is 0. The van der Waals surface area contributed by atoms with Crippen LogP contribution in [0.15, 0.2) is 24.3 Å². The van der Waals surface area contributed by atoms with Crippen LogP contribution in [0.1, 0.15) is 11.1 Å². The van der Waals surface area contributed by atoms with E-state index in [2.05, 4.69) is 0 Å². The van der Waals surface area contributed by atoms with Crippen LogP contribution in [0.25, 0.3) is 0 Å². The van der Waals surface area contributed by atoms with Crippen molar-refractivity contribution in [1.29, 1.82) is 0 Å². The maximum atomic E-state index is 10.7. The van der Waals surface area contributed by atoms with Gasteiger partial charge in [0, 0.05) is 12.8 Å². The molecule has 0 radical (unpaired) electrons. The SMILES string of the molecule is NS(=O)(=O)OC1Cc2ccccc2C1. The zero-order valence-electron chi connectivity index (χ0n) is 7.51. The summed E-state index contributed by atoms with van der Waals surface area (Å²) in [5, 5.41) is 4.80. The lowest BCUT2D eigenvalue weighted by atomic mass is 10.1. The van der Waals surface area contributed by atoms with Gasteiger partial charge >= 0.3 is 10.3 Å². The van der Waals surface area contributed by atoms with Crippen molar-refractivity contribution in [3.05, 3.63) is 35.4 Å². The van der Waals surface area contributed by atoms with Crippen molar-refractivity contribution in [2.75, 3.05) is 0 Å². The van der Waals surface area contributed by atoms with Crippen molar-refractivity contribution in [1.82, 2.24) is 0 Å². The first-order valence-corrected chi connectivity index (χ1v) is 5.79. The van der Waals surface area contributed by atoms with Crippen LogP contribution in [0.4, 0.5) is 0 Å². The molecule has 0 heterocycles. The van der Waals surface area contributed by atoms with Gasteiger partial charge in [-0.2, -0.15) is 8.42 Å². The third-order valence-corrected chi connectivity index (χ3v) is 2.82. The van der Waals surface area contributed by atoms with E-state index in [9.17, 15) is 8.42 Å². The molecule has 5 heteroatoms. The maximum absolute atomic E-state index is 10.7. The third kappa shape index (κ3) is 2.12. The van der Waals surface area contributed by atoms with Gasteiger partial charge in [0.05, 0.1) is 6.10 Å². The molecule has 1 aliphatic rings. The Kier molecular flexibility index (Phi) is 2.30. The van der Waals surface area contributed by atoms with Gasteiger partial charge < -0.3 is 0 Å². The van der Waals surface area contributed by atoms with Gasteiger partial charge in [-0.05, 0) is 11.1 Å². The number of rotatable bonds is 2. The Hall–Kier alpha value is -0.910. The highest BCUT2D eigenvalue weighted by Gasteiger charge is 2.24. The smallest absolute Gasteiger partial charge is 0.254 e. The van der Waals surface area contributed by atoms with Gasteiger partial charge in [0.2, 0.25) is 0 Å². The summed E-state index contributed by atoms with van der Waals surface area (Å²) in [7, 11) is -3.83. The normalized spacial score (nSPS) is 16.9. The highest BCUT2D eigenvalue weighted by molar-refractivity contribution is 7.84. The molecule has 1 aromatic rings. The third-order valence-electron chi connectivity index (χ3n) is 2.28. The van der Waals surface area contributed by atoms with E-state index in [1.54, 1.807) is 0 Å². The van der Waals surface area contributed by atoms with Crippen molar-refractivity contribution < 1.29 is 12.6 Å². The van der Waals surface area contributed by atoms with Gasteiger partial charge in [-0.15, -0.1) is 0 Å². The van der Waals surface area contributed by atoms with E-state index >= 15 is 0 Å². The highest BCUT2D eigenvalue weighted by Crippen LogP contribution is 2.24. The molecule has 2 rings (SSSR count). The van der Waals surface area contributed by atoms with Crippen LogP contribution < -0.4 is 5.14 Å². The summed E-state index contributed by atoms with van der Waals surface area (Å²) >= 11 is 0. The summed E-state index contributed by atoms with van der Waals surface area (Å²) in [6.07, 6.45) is 0.904. The molecule has 0 atom stereocenters. The van der Waals surface area contributed by atoms with E-state index in [1.165, 1.54) is 0 Å². The fraction of sp³-hybridized carbons (Fsp3) is 0.333. The summed E-state index contributed by atoms with van der Waals surface area (Å²) in [4.78, 5) is 0. The predicted octanol–water partition coefficient (Wildman–Crippen LogP) is 0.374. The lowest BCUT2D eigenvalue weighted by Crippen LogP contribution is -2.24. The molecule has 0 saturated carbocycles. The van der Waals surface area contributed by atoms with Gasteiger partial charge in [-0.1, -0.05) is 24.3 Å². The second kappa shape index (κ2) is 3.34. The summed E-state index contributed by atoms with van der Waals surface area (Å²) in [5.74, 6) is 0. The van der Waals surface area contributed by atoms with Crippen molar-refractivity contribution >= 4 is 10.3 Å². The van der Waals surface area contributed by atoms with E-state index in [1.807, 2.05) is 24.3 Å². The maximum Gasteiger partial charge on any atom is 0.333 e. The number of hydrogen-bond donors (Lipinski definition) is 1. The lowest BCUT2D eigenvalue weighted by molar-refractivity contribution is 0.221. The Morgan fingerprint density at radius 1 is 1.21 bits per heavy atom. The Morgan fingerprint density at radius 2 is 1.71 bits per heavy atom. The average molecular weight is 213 g/mol. The van der Waals surface area contributed by atoms with E-state index in [-0.39, 0.29) is 6.10 Å². The van der Waals surface area contributed by atoms with Crippen LogP contribution in [0.3, 0.4) is 0 Å². The minimum absolute atomic E-state index is 0.331. The molecule has 0 aromatic heterocycles. The van der Waals surface area contributed by atoms with Gasteiger partial charge in [-0.3, -0.25) is 4.18 Å². The summed E-state index contributed by atoms with van der Waals surface area (Å²) < 4.78 is 26.1. The molecule has 76 valence electrons. The minimum Gasteiger partial charge on any atom is -0.254 e. The number of fused-ring (bicyclic) bond motifs is 1. The van der Waals surface area contributed by atoms with Crippen molar-refractivity contribution in [3.63, 3.8) is 0 Å². The highest BCUT2D eigenvalue weighted by atomic mass is 32.2. The summed E-state index contributed by atoms with van der Waals surface area (Å²) in [6, 6.07) is 7.81. The first kappa shape index (κ1) is 9.64. The minimum atomic E-state index is -3.83. The van der Waals surface area contributed by atoms with E-state index in [0.29, 0.717) is 12.8 Å². The molecule has 0 saturated heterocycles. The van der Waals surface area contributed by atoms with Crippen molar-refractivity contribution in [2.24, 2.45) is 5.14 Å². The van der Waals surface area contributed by atoms with Crippen molar-refractivity contribution in [3.8, 4) is 0 Å². The lowest BCUT2D eigenvalue weighted by Gasteiger charge is -2.06. The molecule has 1 aromatic carbocycles. The molecule has 4 nitrogen and oxygen atoms in total. The first-order chi connectivity index (χ1) is 6.54. The number of benzene rings is 1. The van der Waals surface area contributed by atoms with Crippen LogP contribution >= 0.6 is 0 Å². The van der Waals surface area contributed by atoms with Crippen LogP contribution in [0.5, 0.6) is 0 Å². The monoisotopic (exact) mass is 213 g/mol. The van der Waals surface area contributed by atoms with Crippen LogP contribution in [-0.2, 0) is 27.3 Å². The van der Waals surface area contributed by atoms with Crippen LogP contribution in [0.2, 0.25) is 0 Å². The van der Waals surface area contributed by atoms with Gasteiger partial charge in [0.1, 0.15) is 0 Å². The van der Waals surface area contributed by atoms with Crippen LogP contribution in [0, 0.1) is 0 Å². The zero-order valence-corrected chi connectivity index (χ0v) is 8.33. The Morgan fingerprint density at radius 3 is 2.14 bits per heavy atom. The molecule has 0 amide bonds. The molecule has 1 aliphatic carbocycles. The molecule has 0 unspecified atom stereocenters. The fourth-order valence-corrected chi connectivity index (χ4v) is 2.29. The van der Waals surface area contributed by atoms with Gasteiger partial charge in [0.25, 0.3) is 0 Å². The molecule has 0 fully saturated rings. The quantitative estimate of drug-likeness (QED) is 0.771. The first-order valence-electron chi connectivity index (χ1n) is 4.32. The molecule has 14 heavy (non-hydrogen) atoms. The number of hydrogen-bond acceptors (Lipinski definition) is 3. The van der Waals surface area contributed by atoms with E-state index in [4.69, 9.17) is 9.32 Å². The predicted molar refractivity (Wildman–Crippen MR) is 51.8 cm³/mol. The Bertz CT molecular complexity index is 416. The summed E-state index contributed by atoms with van der Waals surface area (Å²) in [5.41, 5.74) is 2.28. The second-order valence-corrected chi connectivity index (χ2v) is 4.57. The van der Waals surface area contributed by atoms with E-state index < -0.39 is 10.3 Å².